The van der Waals surface area contributed by atoms with Gasteiger partial charge in [-0.1, -0.05) is 44.2 Å². The highest BCUT2D eigenvalue weighted by molar-refractivity contribution is 7.16. The highest BCUT2D eigenvalue weighted by atomic mass is 32.1. The van der Waals surface area contributed by atoms with Gasteiger partial charge in [0.15, 0.2) is 5.78 Å². The van der Waals surface area contributed by atoms with Crippen LogP contribution in [0.2, 0.25) is 0 Å². The first-order valence-electron chi connectivity index (χ1n) is 11.1. The van der Waals surface area contributed by atoms with Crippen molar-refractivity contribution in [2.24, 2.45) is 5.41 Å². The van der Waals surface area contributed by atoms with Gasteiger partial charge in [0.1, 0.15) is 11.1 Å². The Kier molecular flexibility index (Phi) is 4.86. The van der Waals surface area contributed by atoms with Crippen LogP contribution in [0, 0.1) is 16.7 Å². The van der Waals surface area contributed by atoms with Gasteiger partial charge in [-0.3, -0.25) is 14.5 Å². The van der Waals surface area contributed by atoms with Crippen molar-refractivity contribution in [3.05, 3.63) is 63.2 Å². The monoisotopic (exact) mass is 430 g/mol. The van der Waals surface area contributed by atoms with Crippen LogP contribution in [0.25, 0.3) is 0 Å². The molecule has 0 spiro atoms. The zero-order valence-electron chi connectivity index (χ0n) is 18.0. The van der Waals surface area contributed by atoms with Crippen LogP contribution in [0.5, 0.6) is 0 Å². The molecule has 1 atom stereocenters. The number of aryl methyl sites for hydroxylation is 1. The van der Waals surface area contributed by atoms with E-state index in [-0.39, 0.29) is 29.4 Å². The number of fused-ring (bicyclic) bond motifs is 1. The molecule has 2 aliphatic carbocycles. The fourth-order valence-electron chi connectivity index (χ4n) is 5.45. The summed E-state index contributed by atoms with van der Waals surface area (Å²) in [5, 5.41) is 10.7. The van der Waals surface area contributed by atoms with E-state index < -0.39 is 0 Å². The molecule has 5 rings (SSSR count). The van der Waals surface area contributed by atoms with Gasteiger partial charge >= 0.3 is 0 Å². The zero-order chi connectivity index (χ0) is 21.8. The van der Waals surface area contributed by atoms with Crippen molar-refractivity contribution in [2.45, 2.75) is 64.7 Å². The number of allylic oxidation sites excluding steroid dienone is 2. The van der Waals surface area contributed by atoms with Crippen molar-refractivity contribution < 1.29 is 9.59 Å². The number of anilines is 1. The second-order valence-electron chi connectivity index (χ2n) is 9.70. The number of nitriles is 1. The first-order chi connectivity index (χ1) is 14.9. The Morgan fingerprint density at radius 3 is 2.58 bits per heavy atom. The van der Waals surface area contributed by atoms with Crippen LogP contribution in [0.4, 0.5) is 5.00 Å². The summed E-state index contributed by atoms with van der Waals surface area (Å²) in [7, 11) is 0. The lowest BCUT2D eigenvalue weighted by Gasteiger charge is -2.42. The van der Waals surface area contributed by atoms with Gasteiger partial charge in [-0.2, -0.15) is 5.26 Å². The summed E-state index contributed by atoms with van der Waals surface area (Å²) in [6, 6.07) is 12.3. The second kappa shape index (κ2) is 7.46. The molecule has 1 amide bonds. The first kappa shape index (κ1) is 20.2. The number of carbonyl (C=O) groups excluding carboxylic acids is 2. The van der Waals surface area contributed by atoms with Gasteiger partial charge in [-0.15, -0.1) is 11.3 Å². The van der Waals surface area contributed by atoms with E-state index >= 15 is 0 Å². The molecule has 31 heavy (non-hydrogen) atoms. The van der Waals surface area contributed by atoms with E-state index in [0.29, 0.717) is 18.4 Å². The summed E-state index contributed by atoms with van der Waals surface area (Å²) in [5.74, 6) is -0.0747. The molecule has 0 bridgehead atoms. The molecular formula is C26H26N2O2S. The molecule has 158 valence electrons. The Bertz CT molecular complexity index is 1150. The molecule has 0 saturated carbocycles. The van der Waals surface area contributed by atoms with E-state index in [4.69, 9.17) is 0 Å². The molecule has 3 aliphatic rings. The summed E-state index contributed by atoms with van der Waals surface area (Å²) in [5.41, 5.74) is 4.17. The zero-order valence-corrected chi connectivity index (χ0v) is 18.8. The van der Waals surface area contributed by atoms with Gasteiger partial charge in [0, 0.05) is 34.9 Å². The number of Topliss-reactive ketones (excluding diaryl/α,β-unsaturated/α-hetero) is 1. The molecule has 0 radical (unpaired) electrons. The van der Waals surface area contributed by atoms with Gasteiger partial charge in [-0.25, -0.2) is 0 Å². The van der Waals surface area contributed by atoms with E-state index in [1.165, 1.54) is 4.88 Å². The molecule has 0 saturated heterocycles. The van der Waals surface area contributed by atoms with Crippen LogP contribution in [0.3, 0.4) is 0 Å². The Morgan fingerprint density at radius 1 is 1.10 bits per heavy atom. The topological polar surface area (TPSA) is 61.2 Å². The number of thiophene rings is 1. The average Bonchev–Trinajstić information content (AvgIpc) is 3.10. The van der Waals surface area contributed by atoms with E-state index in [1.54, 1.807) is 16.2 Å². The van der Waals surface area contributed by atoms with Crippen molar-refractivity contribution in [2.75, 3.05) is 4.90 Å². The number of hydrogen-bond donors (Lipinski definition) is 0. The predicted molar refractivity (Wildman–Crippen MR) is 122 cm³/mol. The van der Waals surface area contributed by atoms with E-state index in [0.717, 1.165) is 53.1 Å². The fourth-order valence-corrected chi connectivity index (χ4v) is 6.83. The van der Waals surface area contributed by atoms with Crippen molar-refractivity contribution in [1.29, 1.82) is 5.26 Å². The molecular weight excluding hydrogens is 404 g/mol. The SMILES string of the molecule is CC1(C)CC(=O)C2=C(C1)N(c1sc3c(c1C#N)CCCC3)C(=O)C[C@H]2c1ccccc1. The molecule has 2 heterocycles. The first-order valence-corrected chi connectivity index (χ1v) is 11.9. The number of amides is 1. The number of carbonyl (C=O) groups is 2. The Morgan fingerprint density at radius 2 is 1.84 bits per heavy atom. The minimum atomic E-state index is -0.212. The molecule has 2 aromatic rings. The number of rotatable bonds is 2. The van der Waals surface area contributed by atoms with Crippen LogP contribution >= 0.6 is 11.3 Å². The predicted octanol–water partition coefficient (Wildman–Crippen LogP) is 5.66. The molecule has 0 fully saturated rings. The maximum absolute atomic E-state index is 13.6. The highest BCUT2D eigenvalue weighted by Gasteiger charge is 2.45. The minimum absolute atomic E-state index is 0.00630. The van der Waals surface area contributed by atoms with Gasteiger partial charge in [0.05, 0.1) is 5.56 Å². The number of nitrogens with zero attached hydrogens (tertiary/aromatic N) is 2. The lowest BCUT2D eigenvalue weighted by atomic mass is 9.69. The molecule has 4 nitrogen and oxygen atoms in total. The lowest BCUT2D eigenvalue weighted by Crippen LogP contribution is -2.43. The van der Waals surface area contributed by atoms with Crippen LogP contribution in [0.15, 0.2) is 41.6 Å². The van der Waals surface area contributed by atoms with Crippen LogP contribution in [-0.2, 0) is 22.4 Å². The maximum Gasteiger partial charge on any atom is 0.232 e. The summed E-state index contributed by atoms with van der Waals surface area (Å²) < 4.78 is 0. The van der Waals surface area contributed by atoms with Crippen LogP contribution in [0.1, 0.15) is 73.4 Å². The number of ketones is 1. The fraction of sp³-hybridized carbons (Fsp3) is 0.423. The van der Waals surface area contributed by atoms with E-state index in [2.05, 4.69) is 19.9 Å². The average molecular weight is 431 g/mol. The number of hydrogen-bond acceptors (Lipinski definition) is 4. The lowest BCUT2D eigenvalue weighted by molar-refractivity contribution is -0.120. The summed E-state index contributed by atoms with van der Waals surface area (Å²) in [6.07, 6.45) is 5.50. The molecule has 0 N–H and O–H groups in total. The maximum atomic E-state index is 13.6. The van der Waals surface area contributed by atoms with Crippen molar-refractivity contribution in [3.8, 4) is 6.07 Å². The van der Waals surface area contributed by atoms with Crippen molar-refractivity contribution in [3.63, 3.8) is 0 Å². The normalized spacial score (nSPS) is 22.7. The molecule has 5 heteroatoms. The van der Waals surface area contributed by atoms with Gasteiger partial charge in [0.2, 0.25) is 5.91 Å². The quantitative estimate of drug-likeness (QED) is 0.617. The van der Waals surface area contributed by atoms with Gasteiger partial charge < -0.3 is 0 Å². The molecule has 1 aromatic carbocycles. The van der Waals surface area contributed by atoms with Gasteiger partial charge in [0.25, 0.3) is 0 Å². The summed E-state index contributed by atoms with van der Waals surface area (Å²) in [6.45, 7) is 4.18. The third kappa shape index (κ3) is 3.34. The summed E-state index contributed by atoms with van der Waals surface area (Å²) in [4.78, 5) is 30.0. The molecule has 0 unspecified atom stereocenters. The van der Waals surface area contributed by atoms with Crippen LogP contribution < -0.4 is 4.90 Å². The Balaban J connectivity index is 1.71. The van der Waals surface area contributed by atoms with E-state index in [1.807, 2.05) is 30.3 Å². The van der Waals surface area contributed by atoms with Gasteiger partial charge in [-0.05, 0) is 48.6 Å². The van der Waals surface area contributed by atoms with Crippen molar-refractivity contribution >= 4 is 28.0 Å². The number of benzene rings is 1. The molecule has 1 aromatic heterocycles. The second-order valence-corrected chi connectivity index (χ2v) is 10.8. The minimum Gasteiger partial charge on any atom is -0.294 e. The van der Waals surface area contributed by atoms with Crippen LogP contribution in [-0.4, -0.2) is 11.7 Å². The largest absolute Gasteiger partial charge is 0.294 e. The third-order valence-electron chi connectivity index (χ3n) is 6.81. The summed E-state index contributed by atoms with van der Waals surface area (Å²) >= 11 is 1.59. The van der Waals surface area contributed by atoms with E-state index in [9.17, 15) is 14.9 Å². The van der Waals surface area contributed by atoms with Crippen molar-refractivity contribution in [1.82, 2.24) is 0 Å². The highest BCUT2D eigenvalue weighted by Crippen LogP contribution is 2.51. The molecule has 1 aliphatic heterocycles. The smallest absolute Gasteiger partial charge is 0.232 e. The Labute approximate surface area is 187 Å². The third-order valence-corrected chi connectivity index (χ3v) is 8.09. The standard InChI is InChI=1S/C26H26N2O2S/c1-26(2)13-20-24(21(29)14-26)18(16-8-4-3-5-9-16)12-23(30)28(20)25-19(15-27)17-10-6-7-11-22(17)31-25/h3-5,8-9,18H,6-7,10-14H2,1-2H3/t18-/m0/s1. The Hall–Kier alpha value is -2.71.